The van der Waals surface area contributed by atoms with Gasteiger partial charge in [0.25, 0.3) is 0 Å². The maximum absolute atomic E-state index is 13.1. The van der Waals surface area contributed by atoms with E-state index >= 15 is 0 Å². The van der Waals surface area contributed by atoms with Crippen LogP contribution < -0.4 is 5.32 Å². The van der Waals surface area contributed by atoms with Gasteiger partial charge in [-0.05, 0) is 43.0 Å². The van der Waals surface area contributed by atoms with Gasteiger partial charge in [-0.25, -0.2) is 4.39 Å². The van der Waals surface area contributed by atoms with Crippen LogP contribution in [0.15, 0.2) is 24.3 Å². The van der Waals surface area contributed by atoms with Gasteiger partial charge in [0, 0.05) is 25.2 Å². The average Bonchev–Trinajstić information content (AvgIpc) is 2.40. The van der Waals surface area contributed by atoms with Crippen LogP contribution in [-0.4, -0.2) is 26.3 Å². The van der Waals surface area contributed by atoms with E-state index in [2.05, 4.69) is 19.2 Å². The molecular formula is C16H24FNO. The minimum absolute atomic E-state index is 0.0981. The Hall–Kier alpha value is -0.930. The highest BCUT2D eigenvalue weighted by Gasteiger charge is 2.34. The number of rotatable bonds is 5. The molecule has 0 unspecified atom stereocenters. The topological polar surface area (TPSA) is 21.3 Å². The van der Waals surface area contributed by atoms with Crippen LogP contribution in [0.2, 0.25) is 0 Å². The first-order valence-electron chi connectivity index (χ1n) is 7.17. The third-order valence-electron chi connectivity index (χ3n) is 3.92. The molecule has 1 heterocycles. The predicted octanol–water partition coefficient (Wildman–Crippen LogP) is 3.12. The first-order chi connectivity index (χ1) is 9.12. The fraction of sp³-hybridized carbons (Fsp3) is 0.625. The van der Waals surface area contributed by atoms with Crippen LogP contribution in [0.1, 0.15) is 32.3 Å². The summed E-state index contributed by atoms with van der Waals surface area (Å²) in [5, 5.41) is 3.56. The Kier molecular flexibility index (Phi) is 4.94. The number of hydrogen-bond acceptors (Lipinski definition) is 2. The maximum Gasteiger partial charge on any atom is 0.123 e. The van der Waals surface area contributed by atoms with Gasteiger partial charge in [0.05, 0.1) is 0 Å². The lowest BCUT2D eigenvalue weighted by atomic mass is 9.74. The fourth-order valence-electron chi connectivity index (χ4n) is 2.73. The van der Waals surface area contributed by atoms with Gasteiger partial charge in [-0.1, -0.05) is 26.0 Å². The molecule has 19 heavy (non-hydrogen) atoms. The lowest BCUT2D eigenvalue weighted by Gasteiger charge is -2.38. The van der Waals surface area contributed by atoms with Gasteiger partial charge in [0.15, 0.2) is 0 Å². The van der Waals surface area contributed by atoms with Crippen molar-refractivity contribution < 1.29 is 9.13 Å². The van der Waals surface area contributed by atoms with E-state index in [9.17, 15) is 4.39 Å². The Morgan fingerprint density at radius 3 is 2.42 bits per heavy atom. The number of hydrogen-bond donors (Lipinski definition) is 1. The van der Waals surface area contributed by atoms with E-state index in [0.717, 1.165) is 39.1 Å². The third kappa shape index (κ3) is 3.77. The van der Waals surface area contributed by atoms with E-state index in [-0.39, 0.29) is 11.2 Å². The van der Waals surface area contributed by atoms with Crippen molar-refractivity contribution in [2.75, 3.05) is 26.3 Å². The molecule has 1 aliphatic heterocycles. The van der Waals surface area contributed by atoms with Crippen LogP contribution in [0.4, 0.5) is 4.39 Å². The fourth-order valence-corrected chi connectivity index (χ4v) is 2.73. The largest absolute Gasteiger partial charge is 0.381 e. The minimum Gasteiger partial charge on any atom is -0.381 e. The van der Waals surface area contributed by atoms with Crippen molar-refractivity contribution in [3.8, 4) is 0 Å². The lowest BCUT2D eigenvalue weighted by molar-refractivity contribution is 0.0497. The zero-order valence-corrected chi connectivity index (χ0v) is 11.9. The van der Waals surface area contributed by atoms with Crippen molar-refractivity contribution in [2.45, 2.75) is 32.1 Å². The predicted molar refractivity (Wildman–Crippen MR) is 75.8 cm³/mol. The van der Waals surface area contributed by atoms with Crippen molar-refractivity contribution >= 4 is 0 Å². The third-order valence-corrected chi connectivity index (χ3v) is 3.92. The van der Waals surface area contributed by atoms with E-state index < -0.39 is 0 Å². The van der Waals surface area contributed by atoms with Crippen LogP contribution in [0.25, 0.3) is 0 Å². The zero-order valence-electron chi connectivity index (χ0n) is 11.9. The lowest BCUT2D eigenvalue weighted by Crippen LogP contribution is -2.43. The second-order valence-corrected chi connectivity index (χ2v) is 5.92. The number of benzene rings is 1. The summed E-state index contributed by atoms with van der Waals surface area (Å²) in [6, 6.07) is 6.99. The summed E-state index contributed by atoms with van der Waals surface area (Å²) in [6.45, 7) is 7.97. The molecule has 2 nitrogen and oxygen atoms in total. The molecule has 106 valence electrons. The van der Waals surface area contributed by atoms with Gasteiger partial charge in [-0.15, -0.1) is 0 Å². The molecule has 1 aliphatic rings. The molecule has 0 aromatic heterocycles. The number of ether oxygens (including phenoxy) is 1. The van der Waals surface area contributed by atoms with Gasteiger partial charge in [-0.2, -0.15) is 0 Å². The van der Waals surface area contributed by atoms with E-state index in [1.165, 1.54) is 5.56 Å². The van der Waals surface area contributed by atoms with E-state index in [1.807, 2.05) is 12.1 Å². The monoisotopic (exact) mass is 265 g/mol. The molecule has 1 fully saturated rings. The molecule has 1 aromatic carbocycles. The summed E-state index contributed by atoms with van der Waals surface area (Å²) < 4.78 is 18.6. The second-order valence-electron chi connectivity index (χ2n) is 5.92. The molecule has 3 heteroatoms. The van der Waals surface area contributed by atoms with Crippen LogP contribution in [0.5, 0.6) is 0 Å². The molecule has 0 saturated carbocycles. The number of halogens is 1. The van der Waals surface area contributed by atoms with Gasteiger partial charge < -0.3 is 10.1 Å². The molecule has 1 aromatic rings. The Morgan fingerprint density at radius 2 is 1.84 bits per heavy atom. The summed E-state index contributed by atoms with van der Waals surface area (Å²) in [7, 11) is 0. The summed E-state index contributed by atoms with van der Waals surface area (Å²) in [6.07, 6.45) is 2.01. The van der Waals surface area contributed by atoms with Gasteiger partial charge >= 0.3 is 0 Å². The Morgan fingerprint density at radius 1 is 1.21 bits per heavy atom. The summed E-state index contributed by atoms with van der Waals surface area (Å²) in [5.41, 5.74) is 1.33. The first-order valence-corrected chi connectivity index (χ1v) is 7.17. The molecule has 0 amide bonds. The second kappa shape index (κ2) is 6.49. The van der Waals surface area contributed by atoms with E-state index in [0.29, 0.717) is 5.92 Å². The van der Waals surface area contributed by atoms with E-state index in [4.69, 9.17) is 4.74 Å². The SMILES string of the molecule is CC(C)CNCC1(c2ccc(F)cc2)CCOCC1. The van der Waals surface area contributed by atoms with Crippen molar-refractivity contribution in [3.05, 3.63) is 35.6 Å². The van der Waals surface area contributed by atoms with Crippen LogP contribution in [0, 0.1) is 11.7 Å². The average molecular weight is 265 g/mol. The maximum atomic E-state index is 13.1. The smallest absolute Gasteiger partial charge is 0.123 e. The molecule has 0 spiro atoms. The van der Waals surface area contributed by atoms with E-state index in [1.54, 1.807) is 12.1 Å². The standard InChI is InChI=1S/C16H24FNO/c1-13(2)11-18-12-16(7-9-19-10-8-16)14-3-5-15(17)6-4-14/h3-6,13,18H,7-12H2,1-2H3. The molecule has 0 aliphatic carbocycles. The molecule has 1 N–H and O–H groups in total. The summed E-state index contributed by atoms with van der Waals surface area (Å²) >= 11 is 0. The molecular weight excluding hydrogens is 241 g/mol. The molecule has 0 radical (unpaired) electrons. The molecule has 0 bridgehead atoms. The van der Waals surface area contributed by atoms with Crippen molar-refractivity contribution in [1.82, 2.24) is 5.32 Å². The van der Waals surface area contributed by atoms with Crippen LogP contribution >= 0.6 is 0 Å². The van der Waals surface area contributed by atoms with Gasteiger partial charge in [0.1, 0.15) is 5.82 Å². The molecule has 1 saturated heterocycles. The number of nitrogens with one attached hydrogen (secondary N) is 1. The van der Waals surface area contributed by atoms with Crippen molar-refractivity contribution in [3.63, 3.8) is 0 Å². The zero-order chi connectivity index (χ0) is 13.7. The normalized spacial score (nSPS) is 18.7. The minimum atomic E-state index is -0.166. The Labute approximate surface area is 115 Å². The van der Waals surface area contributed by atoms with Gasteiger partial charge in [0.2, 0.25) is 0 Å². The summed E-state index contributed by atoms with van der Waals surface area (Å²) in [5.74, 6) is 0.478. The highest BCUT2D eigenvalue weighted by Crippen LogP contribution is 2.34. The van der Waals surface area contributed by atoms with Crippen molar-refractivity contribution in [2.24, 2.45) is 5.92 Å². The Balaban J connectivity index is 2.11. The molecule has 0 atom stereocenters. The van der Waals surface area contributed by atoms with Crippen LogP contribution in [-0.2, 0) is 10.2 Å². The first kappa shape index (κ1) is 14.5. The van der Waals surface area contributed by atoms with Gasteiger partial charge in [-0.3, -0.25) is 0 Å². The highest BCUT2D eigenvalue weighted by molar-refractivity contribution is 5.27. The van der Waals surface area contributed by atoms with Crippen LogP contribution in [0.3, 0.4) is 0 Å². The summed E-state index contributed by atoms with van der Waals surface area (Å²) in [4.78, 5) is 0. The van der Waals surface area contributed by atoms with Crippen molar-refractivity contribution in [1.29, 1.82) is 0 Å². The quantitative estimate of drug-likeness (QED) is 0.883. The molecule has 2 rings (SSSR count). The highest BCUT2D eigenvalue weighted by atomic mass is 19.1. The Bertz CT molecular complexity index is 382.